The minimum absolute atomic E-state index is 0. The minimum Gasteiger partial charge on any atom is -0.351 e. The Balaban J connectivity index is 0.00000196. The van der Waals surface area contributed by atoms with Crippen molar-refractivity contribution in [3.8, 4) is 0 Å². The molecule has 90 valence electrons. The van der Waals surface area contributed by atoms with Gasteiger partial charge in [-0.15, -0.1) is 12.4 Å². The first-order chi connectivity index (χ1) is 6.77. The summed E-state index contributed by atoms with van der Waals surface area (Å²) in [5, 5.41) is 6.30. The Labute approximate surface area is 103 Å². The van der Waals surface area contributed by atoms with E-state index in [1.807, 2.05) is 0 Å². The van der Waals surface area contributed by atoms with E-state index >= 15 is 0 Å². The highest BCUT2D eigenvalue weighted by molar-refractivity contribution is 7.98. The Hall–Kier alpha value is 0.0700. The highest BCUT2D eigenvalue weighted by Gasteiger charge is 2.23. The molecule has 0 radical (unpaired) electrons. The van der Waals surface area contributed by atoms with E-state index in [0.29, 0.717) is 6.04 Å². The van der Waals surface area contributed by atoms with Crippen LogP contribution in [-0.4, -0.2) is 36.5 Å². The number of nitrogens with one attached hydrogen (secondary N) is 2. The Morgan fingerprint density at radius 1 is 1.67 bits per heavy atom. The monoisotopic (exact) mass is 252 g/mol. The zero-order valence-corrected chi connectivity index (χ0v) is 11.0. The maximum atomic E-state index is 11.7. The van der Waals surface area contributed by atoms with Crippen LogP contribution in [0.5, 0.6) is 0 Å². The van der Waals surface area contributed by atoms with E-state index in [9.17, 15) is 4.79 Å². The summed E-state index contributed by atoms with van der Waals surface area (Å²) in [6.45, 7) is 3.10. The molecule has 1 heterocycles. The zero-order chi connectivity index (χ0) is 10.4. The van der Waals surface area contributed by atoms with E-state index in [1.165, 1.54) is 0 Å². The number of amides is 1. The fourth-order valence-corrected chi connectivity index (χ4v) is 2.39. The van der Waals surface area contributed by atoms with Crippen molar-refractivity contribution in [3.63, 3.8) is 0 Å². The predicted molar refractivity (Wildman–Crippen MR) is 68.9 cm³/mol. The third-order valence-electron chi connectivity index (χ3n) is 2.58. The highest BCUT2D eigenvalue weighted by atomic mass is 35.5. The van der Waals surface area contributed by atoms with Crippen LogP contribution in [0, 0.1) is 0 Å². The number of halogens is 1. The summed E-state index contributed by atoms with van der Waals surface area (Å²) in [6.07, 6.45) is 5.20. The van der Waals surface area contributed by atoms with Crippen molar-refractivity contribution in [1.82, 2.24) is 10.6 Å². The molecule has 1 amide bonds. The van der Waals surface area contributed by atoms with Gasteiger partial charge < -0.3 is 10.6 Å². The summed E-state index contributed by atoms with van der Waals surface area (Å²) in [5.74, 6) is 1.19. The smallest absolute Gasteiger partial charge is 0.237 e. The molecule has 2 N–H and O–H groups in total. The number of carbonyl (C=O) groups is 1. The first kappa shape index (κ1) is 15.1. The highest BCUT2D eigenvalue weighted by Crippen LogP contribution is 2.07. The molecule has 2 unspecified atom stereocenters. The number of carbonyl (C=O) groups excluding carboxylic acids is 1. The van der Waals surface area contributed by atoms with Crippen LogP contribution in [0.25, 0.3) is 0 Å². The summed E-state index contributed by atoms with van der Waals surface area (Å²) in [6, 6.07) is 0.394. The molecule has 0 aromatic carbocycles. The van der Waals surface area contributed by atoms with Crippen LogP contribution in [0.1, 0.15) is 26.2 Å². The molecule has 0 saturated carbocycles. The first-order valence-electron chi connectivity index (χ1n) is 5.30. The topological polar surface area (TPSA) is 41.1 Å². The Bertz CT molecular complexity index is 186. The number of hydrogen-bond donors (Lipinski definition) is 2. The molecular weight excluding hydrogens is 232 g/mol. The third kappa shape index (κ3) is 5.09. The summed E-state index contributed by atoms with van der Waals surface area (Å²) in [7, 11) is 0. The van der Waals surface area contributed by atoms with Gasteiger partial charge in [-0.25, -0.2) is 0 Å². The molecule has 15 heavy (non-hydrogen) atoms. The Morgan fingerprint density at radius 3 is 2.87 bits per heavy atom. The standard InChI is InChI=1S/C10H20N2OS.ClH/c1-3-8(7-14-2)12-10(13)9-5-4-6-11-9;/h8-9,11H,3-7H2,1-2H3,(H,12,13);1H. The van der Waals surface area contributed by atoms with Crippen molar-refractivity contribution in [2.75, 3.05) is 18.6 Å². The van der Waals surface area contributed by atoms with Crippen LogP contribution < -0.4 is 10.6 Å². The fraction of sp³-hybridized carbons (Fsp3) is 0.900. The van der Waals surface area contributed by atoms with Crippen LogP contribution >= 0.6 is 24.2 Å². The summed E-state index contributed by atoms with van der Waals surface area (Å²) >= 11 is 1.78. The lowest BCUT2D eigenvalue weighted by molar-refractivity contribution is -0.123. The number of hydrogen-bond acceptors (Lipinski definition) is 3. The van der Waals surface area contributed by atoms with Crippen molar-refractivity contribution < 1.29 is 4.79 Å². The summed E-state index contributed by atoms with van der Waals surface area (Å²) in [5.41, 5.74) is 0. The summed E-state index contributed by atoms with van der Waals surface area (Å²) < 4.78 is 0. The molecule has 5 heteroatoms. The van der Waals surface area contributed by atoms with E-state index in [0.717, 1.165) is 31.6 Å². The Kier molecular flexibility index (Phi) is 8.29. The van der Waals surface area contributed by atoms with E-state index in [2.05, 4.69) is 23.8 Å². The predicted octanol–water partition coefficient (Wildman–Crippen LogP) is 1.42. The van der Waals surface area contributed by atoms with Crippen LogP contribution in [0.4, 0.5) is 0 Å². The van der Waals surface area contributed by atoms with E-state index in [1.54, 1.807) is 11.8 Å². The van der Waals surface area contributed by atoms with E-state index < -0.39 is 0 Å². The lowest BCUT2D eigenvalue weighted by Crippen LogP contribution is -2.45. The minimum atomic E-state index is 0. The Morgan fingerprint density at radius 2 is 2.40 bits per heavy atom. The van der Waals surface area contributed by atoms with Gasteiger partial charge in [-0.05, 0) is 32.1 Å². The van der Waals surface area contributed by atoms with E-state index in [-0.39, 0.29) is 24.4 Å². The molecule has 2 atom stereocenters. The zero-order valence-electron chi connectivity index (χ0n) is 9.41. The van der Waals surface area contributed by atoms with Gasteiger partial charge in [0.2, 0.25) is 5.91 Å². The molecular formula is C10H21ClN2OS. The molecule has 0 bridgehead atoms. The van der Waals surface area contributed by atoms with Gasteiger partial charge in [0.25, 0.3) is 0 Å². The number of rotatable bonds is 5. The second-order valence-electron chi connectivity index (χ2n) is 3.72. The van der Waals surface area contributed by atoms with Crippen molar-refractivity contribution in [2.45, 2.75) is 38.3 Å². The maximum absolute atomic E-state index is 11.7. The van der Waals surface area contributed by atoms with Gasteiger partial charge in [0.15, 0.2) is 0 Å². The van der Waals surface area contributed by atoms with Gasteiger partial charge in [-0.2, -0.15) is 11.8 Å². The van der Waals surface area contributed by atoms with Crippen molar-refractivity contribution in [2.24, 2.45) is 0 Å². The van der Waals surface area contributed by atoms with Gasteiger partial charge in [0, 0.05) is 11.8 Å². The molecule has 3 nitrogen and oxygen atoms in total. The van der Waals surface area contributed by atoms with Crippen molar-refractivity contribution >= 4 is 30.1 Å². The van der Waals surface area contributed by atoms with Crippen LogP contribution in [0.3, 0.4) is 0 Å². The molecule has 1 saturated heterocycles. The molecule has 1 aliphatic rings. The average Bonchev–Trinajstić information content (AvgIpc) is 2.69. The van der Waals surface area contributed by atoms with Gasteiger partial charge in [0.1, 0.15) is 0 Å². The quantitative estimate of drug-likeness (QED) is 0.778. The van der Waals surface area contributed by atoms with Crippen molar-refractivity contribution in [3.05, 3.63) is 0 Å². The molecule has 0 aliphatic carbocycles. The van der Waals surface area contributed by atoms with Crippen LogP contribution in [0.15, 0.2) is 0 Å². The average molecular weight is 253 g/mol. The molecule has 1 fully saturated rings. The maximum Gasteiger partial charge on any atom is 0.237 e. The fourth-order valence-electron chi connectivity index (χ4n) is 1.67. The molecule has 1 rings (SSSR count). The summed E-state index contributed by atoms with van der Waals surface area (Å²) in [4.78, 5) is 11.7. The van der Waals surface area contributed by atoms with Gasteiger partial charge in [-0.3, -0.25) is 4.79 Å². The molecule has 1 aliphatic heterocycles. The first-order valence-corrected chi connectivity index (χ1v) is 6.70. The molecule has 0 aromatic heterocycles. The lowest BCUT2D eigenvalue weighted by atomic mass is 10.2. The second kappa shape index (κ2) is 8.25. The lowest BCUT2D eigenvalue weighted by Gasteiger charge is -2.18. The number of thioether (sulfide) groups is 1. The van der Waals surface area contributed by atoms with Crippen LogP contribution in [0.2, 0.25) is 0 Å². The van der Waals surface area contributed by atoms with Gasteiger partial charge in [0.05, 0.1) is 6.04 Å². The normalized spacial score (nSPS) is 21.9. The second-order valence-corrected chi connectivity index (χ2v) is 4.63. The van der Waals surface area contributed by atoms with Crippen molar-refractivity contribution in [1.29, 1.82) is 0 Å². The third-order valence-corrected chi connectivity index (χ3v) is 3.32. The SMILES string of the molecule is CCC(CSC)NC(=O)C1CCCN1.Cl. The van der Waals surface area contributed by atoms with Gasteiger partial charge >= 0.3 is 0 Å². The van der Waals surface area contributed by atoms with Crippen LogP contribution in [-0.2, 0) is 4.79 Å². The molecule has 0 aromatic rings. The van der Waals surface area contributed by atoms with Gasteiger partial charge in [-0.1, -0.05) is 6.92 Å². The van der Waals surface area contributed by atoms with E-state index in [4.69, 9.17) is 0 Å². The largest absolute Gasteiger partial charge is 0.351 e. The molecule has 0 spiro atoms.